The van der Waals surface area contributed by atoms with Gasteiger partial charge in [0.2, 0.25) is 0 Å². The highest BCUT2D eigenvalue weighted by Crippen LogP contribution is 2.29. The highest BCUT2D eigenvalue weighted by atomic mass is 16.4. The Morgan fingerprint density at radius 2 is 2.29 bits per heavy atom. The maximum absolute atomic E-state index is 8.44. The van der Waals surface area contributed by atoms with Crippen molar-refractivity contribution in [1.82, 2.24) is 4.90 Å². The Balaban J connectivity index is 2.35. The number of hydrogen-bond donors (Lipinski definition) is 2. The van der Waals surface area contributed by atoms with Gasteiger partial charge in [0.1, 0.15) is 5.84 Å². The molecular weight excluding hydrogens is 178 g/mol. The van der Waals surface area contributed by atoms with Gasteiger partial charge in [0.15, 0.2) is 0 Å². The molecule has 0 radical (unpaired) electrons. The van der Waals surface area contributed by atoms with Crippen LogP contribution in [-0.2, 0) is 0 Å². The maximum Gasteiger partial charge on any atom is 0.140 e. The van der Waals surface area contributed by atoms with Gasteiger partial charge in [0, 0.05) is 25.0 Å². The summed E-state index contributed by atoms with van der Waals surface area (Å²) in [6.07, 6.45) is 4.44. The number of oxime groups is 1. The number of hydrogen-bond acceptors (Lipinski definition) is 3. The molecule has 1 atom stereocenters. The van der Waals surface area contributed by atoms with Crippen molar-refractivity contribution >= 4 is 5.84 Å². The second-order valence-electron chi connectivity index (χ2n) is 4.07. The Kier molecular flexibility index (Phi) is 4.20. The Morgan fingerprint density at radius 3 is 2.71 bits per heavy atom. The molecule has 0 aromatic heterocycles. The SMILES string of the molecule is CCC(C)N(CCC(N)=NO)C1CC1. The summed E-state index contributed by atoms with van der Waals surface area (Å²) in [5, 5.41) is 11.4. The third-order valence-corrected chi connectivity index (χ3v) is 2.93. The molecule has 82 valence electrons. The summed E-state index contributed by atoms with van der Waals surface area (Å²) in [6.45, 7) is 5.35. The molecular formula is C10H21N3O. The fraction of sp³-hybridized carbons (Fsp3) is 0.900. The number of nitrogens with two attached hydrogens (primary N) is 1. The van der Waals surface area contributed by atoms with Crippen molar-refractivity contribution in [2.24, 2.45) is 10.9 Å². The molecule has 1 saturated carbocycles. The Hall–Kier alpha value is -0.770. The molecule has 0 amide bonds. The Bertz CT molecular complexity index is 202. The first-order valence-corrected chi connectivity index (χ1v) is 5.41. The number of nitrogens with zero attached hydrogens (tertiary/aromatic N) is 2. The zero-order valence-corrected chi connectivity index (χ0v) is 9.11. The molecule has 4 heteroatoms. The molecule has 0 spiro atoms. The van der Waals surface area contributed by atoms with Crippen LogP contribution in [0.15, 0.2) is 5.16 Å². The summed E-state index contributed by atoms with van der Waals surface area (Å²) in [7, 11) is 0. The lowest BCUT2D eigenvalue weighted by Crippen LogP contribution is -2.37. The summed E-state index contributed by atoms with van der Waals surface area (Å²) in [4.78, 5) is 2.47. The third-order valence-electron chi connectivity index (χ3n) is 2.93. The fourth-order valence-corrected chi connectivity index (χ4v) is 1.70. The summed E-state index contributed by atoms with van der Waals surface area (Å²) >= 11 is 0. The van der Waals surface area contributed by atoms with Crippen LogP contribution in [0.2, 0.25) is 0 Å². The van der Waals surface area contributed by atoms with Crippen molar-refractivity contribution in [1.29, 1.82) is 0 Å². The van der Waals surface area contributed by atoms with Crippen LogP contribution in [-0.4, -0.2) is 34.6 Å². The van der Waals surface area contributed by atoms with E-state index in [1.165, 1.54) is 12.8 Å². The van der Waals surface area contributed by atoms with Gasteiger partial charge in [-0.25, -0.2) is 0 Å². The molecule has 0 aromatic carbocycles. The average molecular weight is 199 g/mol. The molecule has 1 aliphatic carbocycles. The third kappa shape index (κ3) is 3.18. The van der Waals surface area contributed by atoms with Crippen molar-refractivity contribution < 1.29 is 5.21 Å². The van der Waals surface area contributed by atoms with Gasteiger partial charge >= 0.3 is 0 Å². The van der Waals surface area contributed by atoms with E-state index in [2.05, 4.69) is 23.9 Å². The lowest BCUT2D eigenvalue weighted by atomic mass is 10.2. The van der Waals surface area contributed by atoms with Crippen LogP contribution in [0.3, 0.4) is 0 Å². The second-order valence-corrected chi connectivity index (χ2v) is 4.07. The van der Waals surface area contributed by atoms with Crippen LogP contribution < -0.4 is 5.73 Å². The molecule has 0 heterocycles. The van der Waals surface area contributed by atoms with Gasteiger partial charge in [0.05, 0.1) is 0 Å². The summed E-state index contributed by atoms with van der Waals surface area (Å²) < 4.78 is 0. The van der Waals surface area contributed by atoms with Crippen LogP contribution in [0, 0.1) is 0 Å². The smallest absolute Gasteiger partial charge is 0.140 e. The van der Waals surface area contributed by atoms with Crippen molar-refractivity contribution in [3.63, 3.8) is 0 Å². The molecule has 4 nitrogen and oxygen atoms in total. The van der Waals surface area contributed by atoms with E-state index in [-0.39, 0.29) is 0 Å². The van der Waals surface area contributed by atoms with E-state index in [1.54, 1.807) is 0 Å². The van der Waals surface area contributed by atoms with Crippen molar-refractivity contribution in [2.75, 3.05) is 6.54 Å². The van der Waals surface area contributed by atoms with Crippen LogP contribution in [0.1, 0.15) is 39.5 Å². The lowest BCUT2D eigenvalue weighted by molar-refractivity contribution is 0.198. The van der Waals surface area contributed by atoms with Crippen molar-refractivity contribution in [2.45, 2.75) is 51.6 Å². The normalized spacial score (nSPS) is 20.1. The maximum atomic E-state index is 8.44. The van der Waals surface area contributed by atoms with Gasteiger partial charge in [0.25, 0.3) is 0 Å². The topological polar surface area (TPSA) is 61.8 Å². The lowest BCUT2D eigenvalue weighted by Gasteiger charge is -2.28. The predicted molar refractivity (Wildman–Crippen MR) is 57.5 cm³/mol. The molecule has 1 fully saturated rings. The van der Waals surface area contributed by atoms with Gasteiger partial charge in [-0.15, -0.1) is 0 Å². The van der Waals surface area contributed by atoms with E-state index in [0.717, 1.165) is 19.0 Å². The molecule has 14 heavy (non-hydrogen) atoms. The summed E-state index contributed by atoms with van der Waals surface area (Å²) in [5.41, 5.74) is 5.46. The van der Waals surface area contributed by atoms with Gasteiger partial charge < -0.3 is 10.9 Å². The molecule has 3 N–H and O–H groups in total. The minimum atomic E-state index is 0.332. The Morgan fingerprint density at radius 1 is 1.64 bits per heavy atom. The molecule has 0 bridgehead atoms. The first kappa shape index (κ1) is 11.3. The number of rotatable bonds is 6. The van der Waals surface area contributed by atoms with E-state index >= 15 is 0 Å². The minimum Gasteiger partial charge on any atom is -0.409 e. The zero-order valence-electron chi connectivity index (χ0n) is 9.11. The van der Waals surface area contributed by atoms with E-state index in [0.29, 0.717) is 18.3 Å². The quantitative estimate of drug-likeness (QED) is 0.294. The average Bonchev–Trinajstić information content (AvgIpc) is 3.01. The predicted octanol–water partition coefficient (Wildman–Crippen LogP) is 1.39. The van der Waals surface area contributed by atoms with E-state index in [9.17, 15) is 0 Å². The standard InChI is InChI=1S/C10H21N3O/c1-3-8(2)13(9-4-5-9)7-6-10(11)12-14/h8-9,14H,3-7H2,1-2H3,(H2,11,12). The molecule has 1 unspecified atom stereocenters. The molecule has 0 aliphatic heterocycles. The second kappa shape index (κ2) is 5.20. The highest BCUT2D eigenvalue weighted by Gasteiger charge is 2.31. The highest BCUT2D eigenvalue weighted by molar-refractivity contribution is 5.79. The summed E-state index contributed by atoms with van der Waals surface area (Å²) in [6, 6.07) is 1.35. The largest absolute Gasteiger partial charge is 0.409 e. The molecule has 1 rings (SSSR count). The van der Waals surface area contributed by atoms with E-state index < -0.39 is 0 Å². The zero-order chi connectivity index (χ0) is 10.6. The monoisotopic (exact) mass is 199 g/mol. The minimum absolute atomic E-state index is 0.332. The van der Waals surface area contributed by atoms with Crippen LogP contribution in [0.5, 0.6) is 0 Å². The van der Waals surface area contributed by atoms with Gasteiger partial charge in [-0.3, -0.25) is 4.90 Å². The molecule has 0 aromatic rings. The van der Waals surface area contributed by atoms with E-state index in [1.807, 2.05) is 0 Å². The molecule has 1 aliphatic rings. The van der Waals surface area contributed by atoms with Crippen LogP contribution >= 0.6 is 0 Å². The van der Waals surface area contributed by atoms with Gasteiger partial charge in [-0.05, 0) is 26.2 Å². The van der Waals surface area contributed by atoms with E-state index in [4.69, 9.17) is 10.9 Å². The summed E-state index contributed by atoms with van der Waals surface area (Å²) in [5.74, 6) is 0.332. The first-order chi connectivity index (χ1) is 6.69. The van der Waals surface area contributed by atoms with Crippen LogP contribution in [0.4, 0.5) is 0 Å². The Labute approximate surface area is 85.8 Å². The van der Waals surface area contributed by atoms with Gasteiger partial charge in [-0.2, -0.15) is 0 Å². The van der Waals surface area contributed by atoms with Crippen LogP contribution in [0.25, 0.3) is 0 Å². The van der Waals surface area contributed by atoms with Crippen molar-refractivity contribution in [3.05, 3.63) is 0 Å². The van der Waals surface area contributed by atoms with Crippen molar-refractivity contribution in [3.8, 4) is 0 Å². The first-order valence-electron chi connectivity index (χ1n) is 5.41. The fourth-order valence-electron chi connectivity index (χ4n) is 1.70. The number of amidine groups is 1. The van der Waals surface area contributed by atoms with Gasteiger partial charge in [-0.1, -0.05) is 12.1 Å². The molecule has 0 saturated heterocycles.